The zero-order valence-electron chi connectivity index (χ0n) is 9.31. The van der Waals surface area contributed by atoms with Crippen LogP contribution in [-0.2, 0) is 0 Å². The van der Waals surface area contributed by atoms with Crippen molar-refractivity contribution in [3.05, 3.63) is 46.9 Å². The molecule has 4 nitrogen and oxygen atoms in total. The van der Waals surface area contributed by atoms with Gasteiger partial charge in [-0.2, -0.15) is 0 Å². The van der Waals surface area contributed by atoms with Crippen molar-refractivity contribution < 1.29 is 4.74 Å². The van der Waals surface area contributed by atoms with Crippen LogP contribution in [0.2, 0.25) is 0 Å². The van der Waals surface area contributed by atoms with Crippen LogP contribution in [0.3, 0.4) is 0 Å². The van der Waals surface area contributed by atoms with Crippen LogP contribution in [0, 0.1) is 0 Å². The van der Waals surface area contributed by atoms with Gasteiger partial charge in [0.15, 0.2) is 0 Å². The highest BCUT2D eigenvalue weighted by Crippen LogP contribution is 2.21. The number of nitrogens with one attached hydrogen (secondary N) is 1. The first-order valence-electron chi connectivity index (χ1n) is 5.21. The lowest BCUT2D eigenvalue weighted by molar-refractivity contribution is 0.241. The topological polar surface area (TPSA) is 47.0 Å². The number of hydrogen-bond acceptors (Lipinski definition) is 2. The Hall–Kier alpha value is -1.97. The van der Waals surface area contributed by atoms with E-state index in [-0.39, 0.29) is 11.7 Å². The molecule has 16 heavy (non-hydrogen) atoms. The number of nitrogens with zero attached hydrogens (tertiary/aromatic N) is 1. The molecule has 0 aliphatic rings. The minimum absolute atomic E-state index is 0.0758. The van der Waals surface area contributed by atoms with Crippen LogP contribution < -0.4 is 10.3 Å². The van der Waals surface area contributed by atoms with Gasteiger partial charge in [0.05, 0.1) is 6.10 Å². The van der Waals surface area contributed by atoms with Crippen LogP contribution in [-0.4, -0.2) is 15.9 Å². The normalized spacial score (nSPS) is 10.7. The molecule has 0 aliphatic carbocycles. The molecule has 4 heteroatoms. The summed E-state index contributed by atoms with van der Waals surface area (Å²) in [6, 6.07) is 8.93. The molecule has 84 valence electrons. The van der Waals surface area contributed by atoms with Crippen LogP contribution in [0.4, 0.5) is 0 Å². The lowest BCUT2D eigenvalue weighted by atomic mass is 10.3. The standard InChI is InChI=1S/C12H14N2O2/c1-9(2)16-11-6-4-3-5-10(11)14-12(15)7-8-13-14/h3-9,13H,1-2H3. The summed E-state index contributed by atoms with van der Waals surface area (Å²) in [6.45, 7) is 3.91. The maximum absolute atomic E-state index is 11.5. The summed E-state index contributed by atoms with van der Waals surface area (Å²) >= 11 is 0. The number of rotatable bonds is 3. The molecule has 1 heterocycles. The third-order valence-electron chi connectivity index (χ3n) is 2.12. The van der Waals surface area contributed by atoms with Crippen LogP contribution in [0.25, 0.3) is 5.69 Å². The monoisotopic (exact) mass is 218 g/mol. The van der Waals surface area contributed by atoms with Crippen LogP contribution in [0.1, 0.15) is 13.8 Å². The highest BCUT2D eigenvalue weighted by atomic mass is 16.5. The fourth-order valence-electron chi connectivity index (χ4n) is 1.50. The molecule has 0 spiro atoms. The van der Waals surface area contributed by atoms with Crippen molar-refractivity contribution in [2.45, 2.75) is 20.0 Å². The van der Waals surface area contributed by atoms with Crippen molar-refractivity contribution in [3.8, 4) is 11.4 Å². The molecule has 2 rings (SSSR count). The second-order valence-corrected chi connectivity index (χ2v) is 3.77. The van der Waals surface area contributed by atoms with Gasteiger partial charge in [-0.3, -0.25) is 9.89 Å². The summed E-state index contributed by atoms with van der Waals surface area (Å²) in [7, 11) is 0. The smallest absolute Gasteiger partial charge is 0.271 e. The van der Waals surface area contributed by atoms with Crippen molar-refractivity contribution in [3.63, 3.8) is 0 Å². The minimum Gasteiger partial charge on any atom is -0.489 e. The maximum Gasteiger partial charge on any atom is 0.271 e. The molecule has 0 atom stereocenters. The SMILES string of the molecule is CC(C)Oc1ccccc1-n1[nH]ccc1=O. The minimum atomic E-state index is -0.0974. The summed E-state index contributed by atoms with van der Waals surface area (Å²) < 4.78 is 7.10. The quantitative estimate of drug-likeness (QED) is 0.856. The third-order valence-corrected chi connectivity index (χ3v) is 2.12. The van der Waals surface area contributed by atoms with E-state index in [1.54, 1.807) is 6.20 Å². The van der Waals surface area contributed by atoms with Crippen molar-refractivity contribution in [1.82, 2.24) is 9.78 Å². The highest BCUT2D eigenvalue weighted by molar-refractivity contribution is 5.45. The molecule has 1 N–H and O–H groups in total. The zero-order valence-corrected chi connectivity index (χ0v) is 9.31. The molecular formula is C12H14N2O2. The Balaban J connectivity index is 2.49. The first-order chi connectivity index (χ1) is 7.68. The summed E-state index contributed by atoms with van der Waals surface area (Å²) in [5, 5.41) is 2.86. The van der Waals surface area contributed by atoms with Crippen LogP contribution in [0.15, 0.2) is 41.3 Å². The van der Waals surface area contributed by atoms with E-state index in [4.69, 9.17) is 4.74 Å². The molecule has 0 saturated heterocycles. The molecule has 1 aromatic carbocycles. The average molecular weight is 218 g/mol. The maximum atomic E-state index is 11.5. The number of para-hydroxylation sites is 2. The van der Waals surface area contributed by atoms with Gasteiger partial charge in [-0.05, 0) is 26.0 Å². The summed E-state index contributed by atoms with van der Waals surface area (Å²) in [5.41, 5.74) is 0.631. The molecular weight excluding hydrogens is 204 g/mol. The van der Waals surface area contributed by atoms with Gasteiger partial charge < -0.3 is 4.74 Å². The number of aromatic nitrogens is 2. The van der Waals surface area contributed by atoms with E-state index in [0.29, 0.717) is 5.75 Å². The second-order valence-electron chi connectivity index (χ2n) is 3.77. The number of ether oxygens (including phenoxy) is 1. The van der Waals surface area contributed by atoms with Gasteiger partial charge in [-0.25, -0.2) is 4.68 Å². The number of benzene rings is 1. The van der Waals surface area contributed by atoms with Crippen molar-refractivity contribution >= 4 is 0 Å². The Morgan fingerprint density at radius 1 is 1.25 bits per heavy atom. The zero-order chi connectivity index (χ0) is 11.5. The summed E-state index contributed by atoms with van der Waals surface area (Å²) in [5.74, 6) is 0.696. The molecule has 0 fully saturated rings. The van der Waals surface area contributed by atoms with E-state index in [2.05, 4.69) is 5.10 Å². The third kappa shape index (κ3) is 2.00. The molecule has 2 aromatic rings. The molecule has 0 unspecified atom stereocenters. The van der Waals surface area contributed by atoms with E-state index in [0.717, 1.165) is 5.69 Å². The van der Waals surface area contributed by atoms with Crippen molar-refractivity contribution in [2.24, 2.45) is 0 Å². The van der Waals surface area contributed by atoms with Gasteiger partial charge in [-0.1, -0.05) is 12.1 Å². The van der Waals surface area contributed by atoms with Gasteiger partial charge in [0.1, 0.15) is 11.4 Å². The Morgan fingerprint density at radius 3 is 2.62 bits per heavy atom. The van der Waals surface area contributed by atoms with Crippen LogP contribution in [0.5, 0.6) is 5.75 Å². The molecule has 1 aromatic heterocycles. The number of hydrogen-bond donors (Lipinski definition) is 1. The predicted molar refractivity (Wildman–Crippen MR) is 62.2 cm³/mol. The van der Waals surface area contributed by atoms with E-state index in [1.165, 1.54) is 10.7 Å². The first-order valence-corrected chi connectivity index (χ1v) is 5.21. The molecule has 0 aliphatic heterocycles. The molecule has 0 saturated carbocycles. The van der Waals surface area contributed by atoms with Crippen LogP contribution >= 0.6 is 0 Å². The first kappa shape index (κ1) is 10.5. The summed E-state index contributed by atoms with van der Waals surface area (Å²) in [6.07, 6.45) is 1.68. The number of aromatic amines is 1. The van der Waals surface area contributed by atoms with E-state index in [1.807, 2.05) is 38.1 Å². The second kappa shape index (κ2) is 4.26. The van der Waals surface area contributed by atoms with Crippen molar-refractivity contribution in [2.75, 3.05) is 0 Å². The van der Waals surface area contributed by atoms with Gasteiger partial charge in [-0.15, -0.1) is 0 Å². The average Bonchev–Trinajstić information content (AvgIpc) is 2.64. The Kier molecular flexibility index (Phi) is 2.81. The Morgan fingerprint density at radius 2 is 2.00 bits per heavy atom. The van der Waals surface area contributed by atoms with E-state index < -0.39 is 0 Å². The lowest BCUT2D eigenvalue weighted by Crippen LogP contribution is -2.16. The lowest BCUT2D eigenvalue weighted by Gasteiger charge is -2.13. The number of H-pyrrole nitrogens is 1. The largest absolute Gasteiger partial charge is 0.489 e. The fraction of sp³-hybridized carbons (Fsp3) is 0.250. The van der Waals surface area contributed by atoms with E-state index in [9.17, 15) is 4.79 Å². The van der Waals surface area contributed by atoms with Crippen molar-refractivity contribution in [1.29, 1.82) is 0 Å². The fourth-order valence-corrected chi connectivity index (χ4v) is 1.50. The molecule has 0 amide bonds. The summed E-state index contributed by atoms with van der Waals surface area (Å²) in [4.78, 5) is 11.5. The van der Waals surface area contributed by atoms with Gasteiger partial charge in [0.2, 0.25) is 0 Å². The predicted octanol–water partition coefficient (Wildman–Crippen LogP) is 1.95. The Bertz CT molecular complexity index is 526. The van der Waals surface area contributed by atoms with Gasteiger partial charge in [0.25, 0.3) is 5.56 Å². The Labute approximate surface area is 93.5 Å². The highest BCUT2D eigenvalue weighted by Gasteiger charge is 2.08. The van der Waals surface area contributed by atoms with Gasteiger partial charge in [0, 0.05) is 12.3 Å². The van der Waals surface area contributed by atoms with Gasteiger partial charge >= 0.3 is 0 Å². The molecule has 0 bridgehead atoms. The van der Waals surface area contributed by atoms with E-state index >= 15 is 0 Å². The molecule has 0 radical (unpaired) electrons.